The maximum absolute atomic E-state index is 12.0. The quantitative estimate of drug-likeness (QED) is 0.655. The largest absolute Gasteiger partial charge is 0.476 e. The summed E-state index contributed by atoms with van der Waals surface area (Å²) in [5, 5.41) is 21.4. The lowest BCUT2D eigenvalue weighted by atomic mass is 10.1. The SMILES string of the molecule is CC(C)CCC(=O)NCC(=O)Nc1cccc(-n2cc(C(=O)O)nn2)c1. The molecule has 1 aromatic carbocycles. The standard InChI is InChI=1S/C17H21N5O4/c1-11(2)6-7-15(23)18-9-16(24)19-12-4-3-5-13(8-12)22-10-14(17(25)26)20-21-22/h3-5,8,10-11H,6-7,9H2,1-2H3,(H,18,23)(H,19,24)(H,25,26). The Balaban J connectivity index is 1.92. The van der Waals surface area contributed by atoms with E-state index in [0.29, 0.717) is 23.7 Å². The van der Waals surface area contributed by atoms with Gasteiger partial charge in [0.05, 0.1) is 18.4 Å². The molecule has 0 saturated carbocycles. The van der Waals surface area contributed by atoms with Crippen LogP contribution in [0.25, 0.3) is 5.69 Å². The monoisotopic (exact) mass is 359 g/mol. The number of aromatic carboxylic acids is 1. The second-order valence-corrected chi connectivity index (χ2v) is 6.16. The first kappa shape index (κ1) is 19.1. The van der Waals surface area contributed by atoms with Gasteiger partial charge in [0.1, 0.15) is 0 Å². The first-order valence-corrected chi connectivity index (χ1v) is 8.18. The average Bonchev–Trinajstić information content (AvgIpc) is 3.09. The molecule has 0 radical (unpaired) electrons. The summed E-state index contributed by atoms with van der Waals surface area (Å²) < 4.78 is 1.30. The molecular weight excluding hydrogens is 338 g/mol. The molecule has 0 unspecified atom stereocenters. The van der Waals surface area contributed by atoms with Gasteiger partial charge in [-0.15, -0.1) is 5.10 Å². The number of carboxylic acids is 1. The van der Waals surface area contributed by atoms with Crippen LogP contribution >= 0.6 is 0 Å². The summed E-state index contributed by atoms with van der Waals surface area (Å²) in [7, 11) is 0. The number of carbonyl (C=O) groups is 3. The Labute approximate surface area is 150 Å². The van der Waals surface area contributed by atoms with Crippen LogP contribution in [-0.2, 0) is 9.59 Å². The van der Waals surface area contributed by atoms with E-state index in [-0.39, 0.29) is 24.1 Å². The predicted octanol–water partition coefficient (Wildman–Crippen LogP) is 1.46. The highest BCUT2D eigenvalue weighted by Crippen LogP contribution is 2.14. The van der Waals surface area contributed by atoms with Crippen molar-refractivity contribution in [2.75, 3.05) is 11.9 Å². The third kappa shape index (κ3) is 5.69. The van der Waals surface area contributed by atoms with Crippen molar-refractivity contribution >= 4 is 23.5 Å². The van der Waals surface area contributed by atoms with Gasteiger partial charge in [-0.3, -0.25) is 9.59 Å². The summed E-state index contributed by atoms with van der Waals surface area (Å²) in [6.07, 6.45) is 2.43. The fourth-order valence-corrected chi connectivity index (χ4v) is 2.11. The van der Waals surface area contributed by atoms with Gasteiger partial charge in [-0.05, 0) is 30.5 Å². The normalized spacial score (nSPS) is 10.6. The molecule has 0 aliphatic rings. The van der Waals surface area contributed by atoms with Crippen molar-refractivity contribution in [3.8, 4) is 5.69 Å². The molecule has 2 rings (SSSR count). The van der Waals surface area contributed by atoms with Gasteiger partial charge in [-0.1, -0.05) is 25.1 Å². The van der Waals surface area contributed by atoms with Gasteiger partial charge in [0.15, 0.2) is 5.69 Å². The van der Waals surface area contributed by atoms with E-state index in [9.17, 15) is 14.4 Å². The van der Waals surface area contributed by atoms with Crippen molar-refractivity contribution in [1.29, 1.82) is 0 Å². The van der Waals surface area contributed by atoms with Crippen LogP contribution in [0.1, 0.15) is 37.2 Å². The zero-order valence-electron chi connectivity index (χ0n) is 14.6. The number of rotatable bonds is 8. The van der Waals surface area contributed by atoms with Crippen molar-refractivity contribution in [2.24, 2.45) is 5.92 Å². The minimum atomic E-state index is -1.17. The molecular formula is C17H21N5O4. The summed E-state index contributed by atoms with van der Waals surface area (Å²) in [5.74, 6) is -1.26. The van der Waals surface area contributed by atoms with Crippen LogP contribution in [0.3, 0.4) is 0 Å². The molecule has 0 aliphatic heterocycles. The van der Waals surface area contributed by atoms with E-state index in [1.807, 2.05) is 13.8 Å². The number of carboxylic acid groups (broad SMARTS) is 1. The van der Waals surface area contributed by atoms with Crippen molar-refractivity contribution in [2.45, 2.75) is 26.7 Å². The van der Waals surface area contributed by atoms with Crippen molar-refractivity contribution < 1.29 is 19.5 Å². The van der Waals surface area contributed by atoms with Gasteiger partial charge in [-0.2, -0.15) is 0 Å². The second kappa shape index (κ2) is 8.75. The average molecular weight is 359 g/mol. The number of carbonyl (C=O) groups excluding carboxylic acids is 2. The Bertz CT molecular complexity index is 800. The zero-order chi connectivity index (χ0) is 19.1. The number of amides is 2. The molecule has 0 bridgehead atoms. The molecule has 1 heterocycles. The number of anilines is 1. The Morgan fingerprint density at radius 3 is 2.65 bits per heavy atom. The number of hydrogen-bond acceptors (Lipinski definition) is 5. The van der Waals surface area contributed by atoms with E-state index in [4.69, 9.17) is 5.11 Å². The smallest absolute Gasteiger partial charge is 0.358 e. The Hall–Kier alpha value is -3.23. The number of nitrogens with zero attached hydrogens (tertiary/aromatic N) is 3. The minimum Gasteiger partial charge on any atom is -0.476 e. The van der Waals surface area contributed by atoms with E-state index in [2.05, 4.69) is 20.9 Å². The van der Waals surface area contributed by atoms with Crippen LogP contribution in [0, 0.1) is 5.92 Å². The third-order valence-electron chi connectivity index (χ3n) is 3.50. The summed E-state index contributed by atoms with van der Waals surface area (Å²) in [6.45, 7) is 3.94. The first-order chi connectivity index (χ1) is 12.3. The van der Waals surface area contributed by atoms with Gasteiger partial charge < -0.3 is 15.7 Å². The molecule has 0 atom stereocenters. The number of benzene rings is 1. The molecule has 0 fully saturated rings. The molecule has 26 heavy (non-hydrogen) atoms. The molecule has 0 saturated heterocycles. The lowest BCUT2D eigenvalue weighted by Crippen LogP contribution is -2.32. The van der Waals surface area contributed by atoms with E-state index < -0.39 is 5.97 Å². The zero-order valence-corrected chi connectivity index (χ0v) is 14.6. The van der Waals surface area contributed by atoms with Crippen LogP contribution in [0.2, 0.25) is 0 Å². The highest BCUT2D eigenvalue weighted by atomic mass is 16.4. The summed E-state index contributed by atoms with van der Waals surface area (Å²) in [4.78, 5) is 34.5. The molecule has 9 heteroatoms. The van der Waals surface area contributed by atoms with E-state index in [1.165, 1.54) is 10.9 Å². The highest BCUT2D eigenvalue weighted by molar-refractivity contribution is 5.94. The van der Waals surface area contributed by atoms with E-state index in [0.717, 1.165) is 6.42 Å². The van der Waals surface area contributed by atoms with Crippen molar-refractivity contribution in [1.82, 2.24) is 20.3 Å². The van der Waals surface area contributed by atoms with Crippen LogP contribution in [0.5, 0.6) is 0 Å². The van der Waals surface area contributed by atoms with Crippen LogP contribution in [-0.4, -0.2) is 44.4 Å². The first-order valence-electron chi connectivity index (χ1n) is 8.18. The fourth-order valence-electron chi connectivity index (χ4n) is 2.11. The second-order valence-electron chi connectivity index (χ2n) is 6.16. The Kier molecular flexibility index (Phi) is 6.42. The number of aromatic nitrogens is 3. The Morgan fingerprint density at radius 2 is 2.00 bits per heavy atom. The van der Waals surface area contributed by atoms with Crippen molar-refractivity contribution in [3.63, 3.8) is 0 Å². The molecule has 9 nitrogen and oxygen atoms in total. The van der Waals surface area contributed by atoms with Gasteiger partial charge in [-0.25, -0.2) is 9.48 Å². The van der Waals surface area contributed by atoms with Gasteiger partial charge in [0.25, 0.3) is 0 Å². The Morgan fingerprint density at radius 1 is 1.23 bits per heavy atom. The van der Waals surface area contributed by atoms with Crippen LogP contribution in [0.15, 0.2) is 30.5 Å². The summed E-state index contributed by atoms with van der Waals surface area (Å²) >= 11 is 0. The number of hydrogen-bond donors (Lipinski definition) is 3. The van der Waals surface area contributed by atoms with Gasteiger partial charge in [0.2, 0.25) is 11.8 Å². The molecule has 3 N–H and O–H groups in total. The summed E-state index contributed by atoms with van der Waals surface area (Å²) in [5.41, 5.74) is 0.864. The third-order valence-corrected chi connectivity index (χ3v) is 3.50. The maximum Gasteiger partial charge on any atom is 0.358 e. The lowest BCUT2D eigenvalue weighted by molar-refractivity contribution is -0.124. The van der Waals surface area contributed by atoms with Crippen LogP contribution in [0.4, 0.5) is 5.69 Å². The molecule has 138 valence electrons. The van der Waals surface area contributed by atoms with Crippen LogP contribution < -0.4 is 10.6 Å². The molecule has 2 aromatic rings. The number of nitrogens with one attached hydrogen (secondary N) is 2. The fraction of sp³-hybridized carbons (Fsp3) is 0.353. The predicted molar refractivity (Wildman–Crippen MR) is 94.0 cm³/mol. The molecule has 2 amide bonds. The molecule has 0 spiro atoms. The maximum atomic E-state index is 12.0. The van der Waals surface area contributed by atoms with Crippen molar-refractivity contribution in [3.05, 3.63) is 36.2 Å². The molecule has 1 aromatic heterocycles. The van der Waals surface area contributed by atoms with E-state index in [1.54, 1.807) is 24.3 Å². The highest BCUT2D eigenvalue weighted by Gasteiger charge is 2.11. The summed E-state index contributed by atoms with van der Waals surface area (Å²) in [6, 6.07) is 6.69. The van der Waals surface area contributed by atoms with Gasteiger partial charge in [0, 0.05) is 12.1 Å². The van der Waals surface area contributed by atoms with E-state index >= 15 is 0 Å². The molecule has 0 aliphatic carbocycles. The lowest BCUT2D eigenvalue weighted by Gasteiger charge is -2.09. The topological polar surface area (TPSA) is 126 Å². The van der Waals surface area contributed by atoms with Gasteiger partial charge >= 0.3 is 5.97 Å². The minimum absolute atomic E-state index is 0.117.